The Balaban J connectivity index is 4.54. The van der Waals surface area contributed by atoms with Crippen LogP contribution in [0.5, 0.6) is 0 Å². The van der Waals surface area contributed by atoms with E-state index in [1.165, 1.54) is 109 Å². The highest BCUT2D eigenvalue weighted by Crippen LogP contribution is 2.17. The van der Waals surface area contributed by atoms with Crippen LogP contribution < -0.4 is 5.32 Å². The number of aliphatic hydroxyl groups is 2. The summed E-state index contributed by atoms with van der Waals surface area (Å²) in [5.74, 6) is -0.502. The molecule has 0 fully saturated rings. The maximum atomic E-state index is 13.1. The van der Waals surface area contributed by atoms with Gasteiger partial charge < -0.3 is 20.3 Å². The number of nitrogens with one attached hydrogen (secondary N) is 1. The number of hydrogen-bond donors (Lipinski definition) is 3. The van der Waals surface area contributed by atoms with Gasteiger partial charge in [-0.1, -0.05) is 204 Å². The first kappa shape index (κ1) is 54.8. The Morgan fingerprint density at radius 2 is 0.965 bits per heavy atom. The van der Waals surface area contributed by atoms with Gasteiger partial charge >= 0.3 is 5.97 Å². The third kappa shape index (κ3) is 40.4. The number of esters is 1. The number of aliphatic hydroxyl groups excluding tert-OH is 2. The summed E-state index contributed by atoms with van der Waals surface area (Å²) in [5.41, 5.74) is 0. The fraction of sp³-hybridized carbons (Fsp3) is 0.804. The minimum absolute atomic E-state index is 0.0619. The van der Waals surface area contributed by atoms with E-state index < -0.39 is 18.2 Å². The van der Waals surface area contributed by atoms with Crippen molar-refractivity contribution in [3.63, 3.8) is 0 Å². The normalized spacial score (nSPS) is 13.7. The number of carbonyl (C=O) groups is 2. The van der Waals surface area contributed by atoms with Gasteiger partial charge in [0.15, 0.2) is 0 Å². The van der Waals surface area contributed by atoms with E-state index in [2.05, 4.69) is 74.7 Å². The molecule has 0 aliphatic carbocycles. The molecule has 6 heteroatoms. The summed E-state index contributed by atoms with van der Waals surface area (Å²) >= 11 is 0. The minimum Gasteiger partial charge on any atom is -0.462 e. The first-order valence-corrected chi connectivity index (χ1v) is 24.4. The molecule has 3 atom stereocenters. The fourth-order valence-electron chi connectivity index (χ4n) is 7.25. The number of unbranched alkanes of at least 4 members (excludes halogenated alkanes) is 25. The van der Waals surface area contributed by atoms with Crippen LogP contribution in [0.2, 0.25) is 0 Å². The molecule has 0 aromatic carbocycles. The quantitative estimate of drug-likeness (QED) is 0.0247. The van der Waals surface area contributed by atoms with Crippen LogP contribution in [0.3, 0.4) is 0 Å². The van der Waals surface area contributed by atoms with E-state index in [-0.39, 0.29) is 24.9 Å². The van der Waals surface area contributed by atoms with Gasteiger partial charge in [-0.15, -0.1) is 0 Å². The van der Waals surface area contributed by atoms with Crippen molar-refractivity contribution in [2.45, 2.75) is 257 Å². The van der Waals surface area contributed by atoms with Gasteiger partial charge in [0.25, 0.3) is 0 Å². The van der Waals surface area contributed by atoms with Gasteiger partial charge in [-0.3, -0.25) is 9.59 Å². The molecule has 0 saturated heterocycles. The number of carbonyl (C=O) groups excluding carboxylic acids is 2. The number of amides is 1. The van der Waals surface area contributed by atoms with E-state index in [1.807, 2.05) is 0 Å². The number of rotatable bonds is 43. The maximum absolute atomic E-state index is 13.1. The summed E-state index contributed by atoms with van der Waals surface area (Å²) in [4.78, 5) is 26.0. The van der Waals surface area contributed by atoms with Crippen molar-refractivity contribution in [2.75, 3.05) is 6.61 Å². The number of hydrogen-bond acceptors (Lipinski definition) is 5. The summed E-state index contributed by atoms with van der Waals surface area (Å²) < 4.78 is 5.90. The molecule has 0 saturated carbocycles. The van der Waals surface area contributed by atoms with Crippen molar-refractivity contribution in [1.82, 2.24) is 5.32 Å². The second kappa shape index (κ2) is 44.9. The maximum Gasteiger partial charge on any atom is 0.306 e. The van der Waals surface area contributed by atoms with Crippen LogP contribution in [0, 0.1) is 0 Å². The second-order valence-corrected chi connectivity index (χ2v) is 16.5. The first-order valence-electron chi connectivity index (χ1n) is 24.4. The van der Waals surface area contributed by atoms with Crippen LogP contribution in [0.15, 0.2) is 48.6 Å². The Bertz CT molecular complexity index is 988. The van der Waals surface area contributed by atoms with Gasteiger partial charge in [0.2, 0.25) is 5.91 Å². The van der Waals surface area contributed by atoms with Crippen molar-refractivity contribution in [2.24, 2.45) is 0 Å². The third-order valence-electron chi connectivity index (χ3n) is 11.0. The van der Waals surface area contributed by atoms with Crippen molar-refractivity contribution >= 4 is 11.9 Å². The molecule has 6 nitrogen and oxygen atoms in total. The highest BCUT2D eigenvalue weighted by molar-refractivity contribution is 5.77. The van der Waals surface area contributed by atoms with Gasteiger partial charge in [0, 0.05) is 6.42 Å². The Kier molecular flexibility index (Phi) is 43.2. The zero-order valence-corrected chi connectivity index (χ0v) is 37.7. The van der Waals surface area contributed by atoms with E-state index in [0.717, 1.165) is 83.5 Å². The molecule has 0 aliphatic heterocycles. The van der Waals surface area contributed by atoms with Crippen molar-refractivity contribution < 1.29 is 24.5 Å². The predicted octanol–water partition coefficient (Wildman–Crippen LogP) is 14.3. The molecule has 0 rings (SSSR count). The van der Waals surface area contributed by atoms with Crippen LogP contribution in [0.25, 0.3) is 0 Å². The minimum atomic E-state index is -0.792. The lowest BCUT2D eigenvalue weighted by molar-refractivity contribution is -0.151. The smallest absolute Gasteiger partial charge is 0.306 e. The van der Waals surface area contributed by atoms with Crippen molar-refractivity contribution in [3.8, 4) is 0 Å². The molecule has 3 N–H and O–H groups in total. The molecule has 57 heavy (non-hydrogen) atoms. The third-order valence-corrected chi connectivity index (χ3v) is 11.0. The molecule has 0 radical (unpaired) electrons. The molecule has 1 amide bonds. The summed E-state index contributed by atoms with van der Waals surface area (Å²) in [7, 11) is 0. The number of ether oxygens (including phenoxy) is 1. The number of allylic oxidation sites excluding steroid dienone is 8. The molecule has 332 valence electrons. The Hall–Kier alpha value is -2.18. The molecule has 0 bridgehead atoms. The molecular weight excluding hydrogens is 707 g/mol. The zero-order valence-electron chi connectivity index (χ0n) is 37.7. The lowest BCUT2D eigenvalue weighted by Gasteiger charge is -2.24. The van der Waals surface area contributed by atoms with Crippen molar-refractivity contribution in [1.29, 1.82) is 0 Å². The van der Waals surface area contributed by atoms with Crippen LogP contribution in [-0.4, -0.2) is 46.9 Å². The molecule has 0 spiro atoms. The Morgan fingerprint density at radius 1 is 0.526 bits per heavy atom. The van der Waals surface area contributed by atoms with E-state index in [0.29, 0.717) is 19.3 Å². The average Bonchev–Trinajstić information content (AvgIpc) is 3.20. The summed E-state index contributed by atoms with van der Waals surface area (Å²) in [6, 6.07) is -0.707. The van der Waals surface area contributed by atoms with Crippen LogP contribution in [0.1, 0.15) is 239 Å². The van der Waals surface area contributed by atoms with Gasteiger partial charge in [-0.25, -0.2) is 0 Å². The van der Waals surface area contributed by atoms with E-state index in [4.69, 9.17) is 4.74 Å². The second-order valence-electron chi connectivity index (χ2n) is 16.5. The molecule has 0 heterocycles. The van der Waals surface area contributed by atoms with E-state index in [9.17, 15) is 19.8 Å². The highest BCUT2D eigenvalue weighted by atomic mass is 16.5. The van der Waals surface area contributed by atoms with Gasteiger partial charge in [-0.2, -0.15) is 0 Å². The Labute approximate surface area is 353 Å². The molecular formula is C51H93NO5. The lowest BCUT2D eigenvalue weighted by Crippen LogP contribution is -2.46. The SMILES string of the molecule is CC/C=C/C=C/C=C/CCCCCCCCCC(=O)OC(CCCCC/C=C\CCCCC)CC(=O)NC(CO)C(O)CCCCCCCCCCCCCCC. The van der Waals surface area contributed by atoms with Gasteiger partial charge in [-0.05, 0) is 70.6 Å². The van der Waals surface area contributed by atoms with Gasteiger partial charge in [0.05, 0.1) is 25.2 Å². The summed E-state index contributed by atoms with van der Waals surface area (Å²) in [6.45, 7) is 6.31. The lowest BCUT2D eigenvalue weighted by atomic mass is 10.0. The molecule has 0 aliphatic rings. The topological polar surface area (TPSA) is 95.9 Å². The van der Waals surface area contributed by atoms with Crippen LogP contribution >= 0.6 is 0 Å². The monoisotopic (exact) mass is 800 g/mol. The van der Waals surface area contributed by atoms with E-state index in [1.54, 1.807) is 0 Å². The predicted molar refractivity (Wildman–Crippen MR) is 245 cm³/mol. The standard InChI is InChI=1S/C51H93NO5/c1-4-7-10-13-16-19-22-24-25-27-29-32-35-38-41-44-51(56)57-47(42-39-36-33-30-21-18-15-12-9-6-3)45-50(55)52-48(46-53)49(54)43-40-37-34-31-28-26-23-20-17-14-11-8-5-2/h7,10,13,16,18-19,21-22,47-49,53-54H,4-6,8-9,11-12,14-15,17,20,23-46H2,1-3H3,(H,52,55)/b10-7+,16-13+,21-18-,22-19+. The molecule has 3 unspecified atom stereocenters. The zero-order chi connectivity index (χ0) is 41.7. The fourth-order valence-corrected chi connectivity index (χ4v) is 7.25. The summed E-state index contributed by atoms with van der Waals surface area (Å²) in [5, 5.41) is 23.7. The largest absolute Gasteiger partial charge is 0.462 e. The van der Waals surface area contributed by atoms with Crippen molar-refractivity contribution in [3.05, 3.63) is 48.6 Å². The van der Waals surface area contributed by atoms with E-state index >= 15 is 0 Å². The highest BCUT2D eigenvalue weighted by Gasteiger charge is 2.24. The first-order chi connectivity index (χ1) is 28.0. The summed E-state index contributed by atoms with van der Waals surface area (Å²) in [6.07, 6.45) is 53.1. The average molecular weight is 800 g/mol. The van der Waals surface area contributed by atoms with Crippen LogP contribution in [-0.2, 0) is 14.3 Å². The molecule has 0 aromatic heterocycles. The Morgan fingerprint density at radius 3 is 1.53 bits per heavy atom. The van der Waals surface area contributed by atoms with Gasteiger partial charge in [0.1, 0.15) is 6.10 Å². The molecule has 0 aromatic rings. The van der Waals surface area contributed by atoms with Crippen LogP contribution in [0.4, 0.5) is 0 Å².